The molecule has 1 aliphatic heterocycles. The first-order chi connectivity index (χ1) is 33.7. The van der Waals surface area contributed by atoms with Crippen LogP contribution in [0, 0.1) is 11.8 Å². The maximum Gasteiger partial charge on any atom is 0.248 e. The number of β-amino-alcohol motifs (C(OH)–C–C–N with tert-alkyl or cyclic N) is 1. The van der Waals surface area contributed by atoms with Crippen molar-refractivity contribution in [3.63, 3.8) is 0 Å². The molecule has 0 spiro atoms. The summed E-state index contributed by atoms with van der Waals surface area (Å²) in [4.78, 5) is 110. The van der Waals surface area contributed by atoms with E-state index in [0.717, 1.165) is 18.6 Å². The van der Waals surface area contributed by atoms with Crippen LogP contribution in [0.5, 0.6) is 5.75 Å². The fraction of sp³-hybridized carbons (Fsp3) is 0.636. The van der Waals surface area contributed by atoms with Gasteiger partial charge in [-0.15, -0.1) is 0 Å². The normalized spacial score (nSPS) is 22.5. The SMILES string of the molecule is CC[C@H](C)[C@H](NC(=O)CN)C(=O)NCC(=O)N[C@H]1C[S+]([O-])c2[nH]c3c(CSCCCCN)c(OC)ccc3c2C[C@@H](CO)NC(=O)[C@H]([C@@H](C)[C@@H](O)CO)NC(=O)C[C@@H](O)CNC(=O)[C@H](CC(N)=O)NC1=O. The average molecular weight is 1040 g/mol. The number of carbonyl (C=O) groups is 8. The predicted octanol–water partition coefficient (Wildman–Crippen LogP) is -4.92. The number of ether oxygens (including phenoxy) is 1. The van der Waals surface area contributed by atoms with E-state index in [-0.39, 0.29) is 17.0 Å². The molecule has 18 N–H and O–H groups in total. The quantitative estimate of drug-likeness (QED) is 0.0412. The number of fused-ring (bicyclic) bond motifs is 3. The van der Waals surface area contributed by atoms with Crippen LogP contribution >= 0.6 is 11.8 Å². The number of aliphatic hydroxyl groups excluding tert-OH is 4. The zero-order valence-corrected chi connectivity index (χ0v) is 42.0. The molecule has 0 bridgehead atoms. The second-order valence-electron chi connectivity index (χ2n) is 17.2. The van der Waals surface area contributed by atoms with Gasteiger partial charge in [0, 0.05) is 52.3 Å². The summed E-state index contributed by atoms with van der Waals surface area (Å²) in [6.45, 7) is 2.04. The molecule has 0 aliphatic carbocycles. The predicted molar refractivity (Wildman–Crippen MR) is 262 cm³/mol. The summed E-state index contributed by atoms with van der Waals surface area (Å²) in [5, 5.41) is 59.4. The number of hydrogen-bond donors (Lipinski definition) is 15. The second-order valence-corrected chi connectivity index (χ2v) is 19.8. The minimum atomic E-state index is -2.33. The van der Waals surface area contributed by atoms with Gasteiger partial charge in [0.25, 0.3) is 0 Å². The molecule has 10 atom stereocenters. The molecule has 8 amide bonds. The van der Waals surface area contributed by atoms with Gasteiger partial charge in [0.05, 0.1) is 70.0 Å². The molecule has 0 radical (unpaired) electrons. The van der Waals surface area contributed by atoms with Crippen LogP contribution in [0.3, 0.4) is 0 Å². The van der Waals surface area contributed by atoms with Crippen molar-refractivity contribution in [1.29, 1.82) is 0 Å². The monoisotopic (exact) mass is 1040 g/mol. The van der Waals surface area contributed by atoms with Gasteiger partial charge in [-0.1, -0.05) is 27.2 Å². The van der Waals surface area contributed by atoms with Crippen molar-refractivity contribution in [3.8, 4) is 5.75 Å². The number of unbranched alkanes of at least 4 members (excludes halogenated alkanes) is 1. The van der Waals surface area contributed by atoms with Gasteiger partial charge in [0.1, 0.15) is 29.6 Å². The summed E-state index contributed by atoms with van der Waals surface area (Å²) in [5.74, 6) is -8.13. The van der Waals surface area contributed by atoms with Crippen LogP contribution in [0.4, 0.5) is 0 Å². The smallest absolute Gasteiger partial charge is 0.248 e. The summed E-state index contributed by atoms with van der Waals surface area (Å²) >= 11 is -0.758. The molecule has 1 aromatic heterocycles. The number of carbonyl (C=O) groups excluding carboxylic acids is 8. The lowest BCUT2D eigenvalue weighted by atomic mass is 9.94. The molecule has 398 valence electrons. The second kappa shape index (κ2) is 29.9. The molecular weight excluding hydrogens is 971 g/mol. The number of rotatable bonds is 21. The summed E-state index contributed by atoms with van der Waals surface area (Å²) in [7, 11) is 1.47. The van der Waals surface area contributed by atoms with Crippen molar-refractivity contribution in [2.75, 3.05) is 58.0 Å². The van der Waals surface area contributed by atoms with Gasteiger partial charge in [0.15, 0.2) is 6.04 Å². The van der Waals surface area contributed by atoms with E-state index in [2.05, 4.69) is 42.2 Å². The number of benzene rings is 1. The van der Waals surface area contributed by atoms with E-state index in [4.69, 9.17) is 21.9 Å². The van der Waals surface area contributed by atoms with Crippen LogP contribution in [-0.2, 0) is 61.7 Å². The standard InChI is InChI=1S/C44H71N11O14S2/c1-5-22(2)37(54-35(62)15-46)42(66)49-17-36(63)51-30-21-71(68)44-27(26-8-9-32(69-4)28(39(26)55-44)20-70-11-7-6-10-45)12-24(18-56)50-43(67)38(23(3)31(59)19-57)53-34(61)13-25(58)16-48-40(64)29(14-33(47)60)52-41(30)65/h8-9,22-25,29-31,37-38,55-59H,5-7,10-21,45-46H2,1-4H3,(H2,47,60)(H,48,64)(H,49,66)(H,50,67)(H,51,63)(H,52,65)(H,53,61)(H,54,62)/t22-,23-,24-,25+,29-,30-,31-,37-,38-,71?/m0/s1. The molecule has 0 fully saturated rings. The Morgan fingerprint density at radius 2 is 1.72 bits per heavy atom. The highest BCUT2D eigenvalue weighted by molar-refractivity contribution is 7.98. The van der Waals surface area contributed by atoms with Gasteiger partial charge in [-0.2, -0.15) is 11.8 Å². The van der Waals surface area contributed by atoms with Gasteiger partial charge < -0.3 is 89.1 Å². The van der Waals surface area contributed by atoms with Crippen molar-refractivity contribution in [3.05, 3.63) is 23.3 Å². The number of primary amides is 1. The molecule has 71 heavy (non-hydrogen) atoms. The molecule has 25 nitrogen and oxygen atoms in total. The average Bonchev–Trinajstić information content (AvgIpc) is 3.71. The number of aliphatic hydroxyl groups is 4. The third-order valence-electron chi connectivity index (χ3n) is 11.8. The van der Waals surface area contributed by atoms with E-state index >= 15 is 0 Å². The largest absolute Gasteiger partial charge is 0.610 e. The zero-order valence-electron chi connectivity index (χ0n) is 40.4. The number of aromatic nitrogens is 1. The van der Waals surface area contributed by atoms with Gasteiger partial charge in [-0.25, -0.2) is 0 Å². The zero-order chi connectivity index (χ0) is 52.9. The summed E-state index contributed by atoms with van der Waals surface area (Å²) in [5.41, 5.74) is 18.0. The fourth-order valence-electron chi connectivity index (χ4n) is 7.53. The minimum absolute atomic E-state index is 0.0218. The Labute approximate surface area is 418 Å². The Balaban J connectivity index is 2.24. The van der Waals surface area contributed by atoms with E-state index < -0.39 is 164 Å². The van der Waals surface area contributed by atoms with Crippen LogP contribution in [-0.4, -0.2) is 178 Å². The molecule has 2 aromatic rings. The highest BCUT2D eigenvalue weighted by Crippen LogP contribution is 2.36. The number of aromatic amines is 1. The highest BCUT2D eigenvalue weighted by atomic mass is 32.2. The number of amides is 8. The lowest BCUT2D eigenvalue weighted by molar-refractivity contribution is -0.134. The Hall–Kier alpha value is -5.26. The molecule has 2 heterocycles. The number of thioether (sulfide) groups is 1. The lowest BCUT2D eigenvalue weighted by Crippen LogP contribution is -2.58. The van der Waals surface area contributed by atoms with Crippen molar-refractivity contribution in [2.45, 2.75) is 112 Å². The van der Waals surface area contributed by atoms with E-state index in [0.29, 0.717) is 40.9 Å². The third kappa shape index (κ3) is 18.1. The number of hydrogen-bond acceptors (Lipinski definition) is 17. The first-order valence-electron chi connectivity index (χ1n) is 23.2. The summed E-state index contributed by atoms with van der Waals surface area (Å²) in [6.07, 6.45) is -2.84. The van der Waals surface area contributed by atoms with Crippen molar-refractivity contribution in [2.24, 2.45) is 29.0 Å². The van der Waals surface area contributed by atoms with Crippen LogP contribution in [0.25, 0.3) is 10.9 Å². The minimum Gasteiger partial charge on any atom is -0.610 e. The number of nitrogens with two attached hydrogens (primary N) is 3. The van der Waals surface area contributed by atoms with E-state index in [1.807, 2.05) is 0 Å². The van der Waals surface area contributed by atoms with E-state index in [9.17, 15) is 63.3 Å². The van der Waals surface area contributed by atoms with Gasteiger partial charge in [-0.05, 0) is 43.2 Å². The van der Waals surface area contributed by atoms with Crippen LogP contribution in [0.1, 0.15) is 64.0 Å². The molecule has 27 heteroatoms. The first kappa shape index (κ1) is 60.0. The van der Waals surface area contributed by atoms with Crippen LogP contribution in [0.2, 0.25) is 0 Å². The highest BCUT2D eigenvalue weighted by Gasteiger charge is 2.37. The maximum atomic E-state index is 14.9. The van der Waals surface area contributed by atoms with Gasteiger partial charge in [-0.3, -0.25) is 38.4 Å². The molecular formula is C44H71N11O14S2. The van der Waals surface area contributed by atoms with Crippen molar-refractivity contribution >= 4 is 81.1 Å². The molecule has 1 unspecified atom stereocenters. The van der Waals surface area contributed by atoms with Crippen LogP contribution < -0.4 is 59.2 Å². The summed E-state index contributed by atoms with van der Waals surface area (Å²) < 4.78 is 20.7. The Bertz CT molecular complexity index is 2150. The van der Waals surface area contributed by atoms with Crippen LogP contribution in [0.15, 0.2) is 17.2 Å². The Kier molecular flexibility index (Phi) is 25.3. The van der Waals surface area contributed by atoms with E-state index in [1.54, 1.807) is 37.7 Å². The first-order valence-corrected chi connectivity index (χ1v) is 25.7. The fourth-order valence-corrected chi connectivity index (χ4v) is 9.96. The van der Waals surface area contributed by atoms with Crippen molar-refractivity contribution < 1.29 is 68.1 Å². The lowest BCUT2D eigenvalue weighted by Gasteiger charge is -2.29. The third-order valence-corrected chi connectivity index (χ3v) is 14.4. The number of H-pyrrole nitrogens is 1. The topological polar surface area (TPSA) is 428 Å². The van der Waals surface area contributed by atoms with E-state index in [1.165, 1.54) is 14.0 Å². The Morgan fingerprint density at radius 1 is 1.00 bits per heavy atom. The molecule has 1 aliphatic rings. The molecule has 1 aromatic carbocycles. The number of methoxy groups -OCH3 is 1. The molecule has 3 rings (SSSR count). The van der Waals surface area contributed by atoms with Gasteiger partial charge in [0.2, 0.25) is 52.3 Å². The molecule has 0 saturated carbocycles. The molecule has 0 saturated heterocycles. The number of nitrogens with one attached hydrogen (secondary N) is 8. The van der Waals surface area contributed by atoms with Crippen molar-refractivity contribution in [1.82, 2.24) is 42.2 Å². The maximum absolute atomic E-state index is 14.9. The Morgan fingerprint density at radius 3 is 2.34 bits per heavy atom. The summed E-state index contributed by atoms with van der Waals surface area (Å²) in [6, 6.07) is -4.01. The van der Waals surface area contributed by atoms with Gasteiger partial charge >= 0.3 is 0 Å².